The Hall–Kier alpha value is -0.870. The number of carbonyl (C=O) groups excluding carboxylic acids is 1. The van der Waals surface area contributed by atoms with Crippen LogP contribution in [0.2, 0.25) is 0 Å². The van der Waals surface area contributed by atoms with E-state index in [4.69, 9.17) is 0 Å². The summed E-state index contributed by atoms with van der Waals surface area (Å²) in [5.41, 5.74) is 1.27. The summed E-state index contributed by atoms with van der Waals surface area (Å²) >= 11 is 3.42. The molecule has 0 aromatic heterocycles. The van der Waals surface area contributed by atoms with E-state index >= 15 is 0 Å². The van der Waals surface area contributed by atoms with Crippen molar-refractivity contribution in [3.8, 4) is 0 Å². The Balaban J connectivity index is 2.55. The lowest BCUT2D eigenvalue weighted by Crippen LogP contribution is -2.45. The highest BCUT2D eigenvalue weighted by atomic mass is 79.9. The van der Waals surface area contributed by atoms with Crippen molar-refractivity contribution in [1.82, 2.24) is 10.2 Å². The molecular weight excluding hydrogens is 328 g/mol. The SMILES string of the molecule is CC(NC(=O)CN(C)C(C)C(C)(C)C)c1ccc(Br)cc1. The second-order valence-corrected chi connectivity index (χ2v) is 7.71. The van der Waals surface area contributed by atoms with Crippen LogP contribution in [0.3, 0.4) is 0 Å². The molecule has 0 heterocycles. The second-order valence-electron chi connectivity index (χ2n) is 6.80. The molecular formula is C17H27BrN2O. The first-order valence-electron chi connectivity index (χ1n) is 7.36. The van der Waals surface area contributed by atoms with Crippen molar-refractivity contribution in [1.29, 1.82) is 0 Å². The second kappa shape index (κ2) is 7.41. The van der Waals surface area contributed by atoms with Crippen molar-refractivity contribution in [2.24, 2.45) is 5.41 Å². The average molecular weight is 355 g/mol. The van der Waals surface area contributed by atoms with Gasteiger partial charge in [0.05, 0.1) is 12.6 Å². The first-order valence-corrected chi connectivity index (χ1v) is 8.15. The minimum absolute atomic E-state index is 0.0175. The standard InChI is InChI=1S/C17H27BrN2O/c1-12(14-7-9-15(18)10-8-14)19-16(21)11-20(6)13(2)17(3,4)5/h7-10,12-13H,11H2,1-6H3,(H,19,21). The Bertz CT molecular complexity index is 465. The van der Waals surface area contributed by atoms with Crippen LogP contribution < -0.4 is 5.32 Å². The minimum atomic E-state index is 0.0175. The molecule has 0 fully saturated rings. The molecule has 0 spiro atoms. The van der Waals surface area contributed by atoms with Gasteiger partial charge in [0.2, 0.25) is 5.91 Å². The summed E-state index contributed by atoms with van der Waals surface area (Å²) in [6.07, 6.45) is 0. The molecule has 2 atom stereocenters. The third-order valence-electron chi connectivity index (χ3n) is 4.05. The van der Waals surface area contributed by atoms with Crippen molar-refractivity contribution < 1.29 is 4.79 Å². The maximum absolute atomic E-state index is 12.2. The fourth-order valence-electron chi connectivity index (χ4n) is 2.15. The zero-order chi connectivity index (χ0) is 16.2. The predicted octanol–water partition coefficient (Wildman–Crippen LogP) is 3.99. The van der Waals surface area contributed by atoms with E-state index in [1.807, 2.05) is 38.2 Å². The van der Waals surface area contributed by atoms with E-state index in [-0.39, 0.29) is 17.4 Å². The number of halogens is 1. The highest BCUT2D eigenvalue weighted by Crippen LogP contribution is 2.22. The van der Waals surface area contributed by atoms with Gasteiger partial charge in [0.1, 0.15) is 0 Å². The van der Waals surface area contributed by atoms with Gasteiger partial charge in [-0.3, -0.25) is 9.69 Å². The summed E-state index contributed by atoms with van der Waals surface area (Å²) in [6.45, 7) is 11.2. The van der Waals surface area contributed by atoms with Gasteiger partial charge in [-0.15, -0.1) is 0 Å². The van der Waals surface area contributed by atoms with E-state index in [1.54, 1.807) is 0 Å². The monoisotopic (exact) mass is 354 g/mol. The molecule has 0 aliphatic rings. The molecule has 1 aromatic rings. The molecule has 1 amide bonds. The van der Waals surface area contributed by atoms with Gasteiger partial charge in [-0.25, -0.2) is 0 Å². The fourth-order valence-corrected chi connectivity index (χ4v) is 2.41. The molecule has 21 heavy (non-hydrogen) atoms. The van der Waals surface area contributed by atoms with Gasteiger partial charge in [0.25, 0.3) is 0 Å². The molecule has 0 aliphatic heterocycles. The molecule has 0 aliphatic carbocycles. The molecule has 0 radical (unpaired) electrons. The fraction of sp³-hybridized carbons (Fsp3) is 0.588. The molecule has 2 unspecified atom stereocenters. The maximum atomic E-state index is 12.2. The van der Waals surface area contributed by atoms with Gasteiger partial charge in [0, 0.05) is 10.5 Å². The smallest absolute Gasteiger partial charge is 0.234 e. The zero-order valence-electron chi connectivity index (χ0n) is 13.9. The number of benzene rings is 1. The van der Waals surface area contributed by atoms with Gasteiger partial charge in [-0.1, -0.05) is 48.8 Å². The zero-order valence-corrected chi connectivity index (χ0v) is 15.5. The van der Waals surface area contributed by atoms with Gasteiger partial charge in [0.15, 0.2) is 0 Å². The van der Waals surface area contributed by atoms with Gasteiger partial charge < -0.3 is 5.32 Å². The Labute approximate surface area is 137 Å². The van der Waals surface area contributed by atoms with Crippen LogP contribution in [0, 0.1) is 5.41 Å². The molecule has 118 valence electrons. The predicted molar refractivity (Wildman–Crippen MR) is 92.2 cm³/mol. The van der Waals surface area contributed by atoms with Gasteiger partial charge in [-0.05, 0) is 44.0 Å². The van der Waals surface area contributed by atoms with Crippen molar-refractivity contribution in [2.75, 3.05) is 13.6 Å². The highest BCUT2D eigenvalue weighted by molar-refractivity contribution is 9.10. The number of nitrogens with one attached hydrogen (secondary N) is 1. The molecule has 4 heteroatoms. The first-order chi connectivity index (χ1) is 9.61. The third kappa shape index (κ3) is 5.79. The molecule has 0 saturated carbocycles. The first kappa shape index (κ1) is 18.2. The van der Waals surface area contributed by atoms with Gasteiger partial charge in [-0.2, -0.15) is 0 Å². The molecule has 1 N–H and O–H groups in total. The number of likely N-dealkylation sites (N-methyl/N-ethyl adjacent to an activating group) is 1. The van der Waals surface area contributed by atoms with Gasteiger partial charge >= 0.3 is 0 Å². The summed E-state index contributed by atoms with van der Waals surface area (Å²) in [5.74, 6) is 0.0593. The van der Waals surface area contributed by atoms with Crippen molar-refractivity contribution >= 4 is 21.8 Å². The van der Waals surface area contributed by atoms with Crippen LogP contribution in [0.1, 0.15) is 46.2 Å². The van der Waals surface area contributed by atoms with E-state index in [9.17, 15) is 4.79 Å². The van der Waals surface area contributed by atoms with Crippen LogP contribution in [0.4, 0.5) is 0 Å². The van der Waals surface area contributed by atoms with Crippen LogP contribution in [-0.2, 0) is 4.79 Å². The lowest BCUT2D eigenvalue weighted by molar-refractivity contribution is -0.123. The quantitative estimate of drug-likeness (QED) is 0.866. The lowest BCUT2D eigenvalue weighted by Gasteiger charge is -2.35. The molecule has 1 rings (SSSR count). The summed E-state index contributed by atoms with van der Waals surface area (Å²) in [6, 6.07) is 8.39. The van der Waals surface area contributed by atoms with E-state index in [2.05, 4.69) is 53.8 Å². The van der Waals surface area contributed by atoms with Crippen LogP contribution in [0.15, 0.2) is 28.7 Å². The normalized spacial score (nSPS) is 14.9. The average Bonchev–Trinajstić information content (AvgIpc) is 2.37. The number of hydrogen-bond acceptors (Lipinski definition) is 2. The Kier molecular flexibility index (Phi) is 6.41. The largest absolute Gasteiger partial charge is 0.348 e. The third-order valence-corrected chi connectivity index (χ3v) is 4.58. The summed E-state index contributed by atoms with van der Waals surface area (Å²) < 4.78 is 1.04. The van der Waals surface area contributed by atoms with Crippen molar-refractivity contribution in [3.05, 3.63) is 34.3 Å². The van der Waals surface area contributed by atoms with E-state index in [1.165, 1.54) is 0 Å². The highest BCUT2D eigenvalue weighted by Gasteiger charge is 2.25. The van der Waals surface area contributed by atoms with Crippen LogP contribution in [0.5, 0.6) is 0 Å². The van der Waals surface area contributed by atoms with Crippen molar-refractivity contribution in [3.63, 3.8) is 0 Å². The van der Waals surface area contributed by atoms with Crippen LogP contribution in [0.25, 0.3) is 0 Å². The maximum Gasteiger partial charge on any atom is 0.234 e. The summed E-state index contributed by atoms with van der Waals surface area (Å²) in [4.78, 5) is 14.3. The topological polar surface area (TPSA) is 32.3 Å². The summed E-state index contributed by atoms with van der Waals surface area (Å²) in [5, 5.41) is 3.06. The number of amides is 1. The molecule has 0 saturated heterocycles. The van der Waals surface area contributed by atoms with E-state index < -0.39 is 0 Å². The Morgan fingerprint density at radius 1 is 1.24 bits per heavy atom. The van der Waals surface area contributed by atoms with Crippen LogP contribution in [-0.4, -0.2) is 30.4 Å². The summed E-state index contributed by atoms with van der Waals surface area (Å²) in [7, 11) is 2.00. The molecule has 3 nitrogen and oxygen atoms in total. The number of nitrogens with zero attached hydrogens (tertiary/aromatic N) is 1. The lowest BCUT2D eigenvalue weighted by atomic mass is 9.87. The molecule has 1 aromatic carbocycles. The number of carbonyl (C=O) groups is 1. The number of hydrogen-bond donors (Lipinski definition) is 1. The molecule has 0 bridgehead atoms. The Morgan fingerprint density at radius 2 is 1.76 bits per heavy atom. The van der Waals surface area contributed by atoms with Crippen LogP contribution >= 0.6 is 15.9 Å². The van der Waals surface area contributed by atoms with Crippen molar-refractivity contribution in [2.45, 2.75) is 46.7 Å². The van der Waals surface area contributed by atoms with E-state index in [0.717, 1.165) is 10.0 Å². The minimum Gasteiger partial charge on any atom is -0.348 e. The number of rotatable bonds is 5. The Morgan fingerprint density at radius 3 is 2.24 bits per heavy atom. The van der Waals surface area contributed by atoms with E-state index in [0.29, 0.717) is 12.6 Å².